The molecular formula is C17H30N2O3S. The molecule has 1 aliphatic carbocycles. The quantitative estimate of drug-likeness (QED) is 0.848. The van der Waals surface area contributed by atoms with Gasteiger partial charge in [-0.2, -0.15) is 0 Å². The number of likely N-dealkylation sites (tertiary alicyclic amines) is 1. The third kappa shape index (κ3) is 4.47. The fourth-order valence-electron chi connectivity index (χ4n) is 4.42. The molecule has 2 atom stereocenters. The number of amides is 1. The second-order valence-corrected chi connectivity index (χ2v) is 9.70. The zero-order chi connectivity index (χ0) is 16.3. The summed E-state index contributed by atoms with van der Waals surface area (Å²) >= 11 is 0. The van der Waals surface area contributed by atoms with Gasteiger partial charge in [0.25, 0.3) is 0 Å². The molecular weight excluding hydrogens is 312 g/mol. The predicted octanol–water partition coefficient (Wildman–Crippen LogP) is 1.72. The van der Waals surface area contributed by atoms with Crippen LogP contribution in [0.4, 0.5) is 0 Å². The summed E-state index contributed by atoms with van der Waals surface area (Å²) in [5, 5.41) is 3.12. The lowest BCUT2D eigenvalue weighted by molar-refractivity contribution is -0.126. The Morgan fingerprint density at radius 2 is 1.48 bits per heavy atom. The van der Waals surface area contributed by atoms with E-state index in [1.165, 1.54) is 19.3 Å². The second-order valence-electron chi connectivity index (χ2n) is 7.54. The zero-order valence-corrected chi connectivity index (χ0v) is 14.8. The van der Waals surface area contributed by atoms with E-state index in [0.29, 0.717) is 0 Å². The highest BCUT2D eigenvalue weighted by atomic mass is 32.2. The Bertz CT molecular complexity index is 506. The molecule has 23 heavy (non-hydrogen) atoms. The number of rotatable bonds is 3. The number of nitrogens with zero attached hydrogens (tertiary/aromatic N) is 1. The van der Waals surface area contributed by atoms with Crippen LogP contribution in [0.1, 0.15) is 57.8 Å². The first kappa shape index (κ1) is 17.2. The van der Waals surface area contributed by atoms with Gasteiger partial charge in [-0.3, -0.25) is 9.69 Å². The third-order valence-electron chi connectivity index (χ3n) is 5.74. The number of carbonyl (C=O) groups excluding carboxylic acids is 1. The molecule has 0 aromatic rings. The SMILES string of the molecule is O=C(NC1CS(=O)(=O)CC1N1CCCC1)C1CCCCCCC1. The average molecular weight is 343 g/mol. The van der Waals surface area contributed by atoms with E-state index < -0.39 is 9.84 Å². The molecule has 2 aliphatic heterocycles. The monoisotopic (exact) mass is 342 g/mol. The maximum atomic E-state index is 12.7. The summed E-state index contributed by atoms with van der Waals surface area (Å²) in [6.07, 6.45) is 10.2. The summed E-state index contributed by atoms with van der Waals surface area (Å²) in [7, 11) is -3.03. The van der Waals surface area contributed by atoms with Gasteiger partial charge in [0.1, 0.15) is 0 Å². The van der Waals surface area contributed by atoms with Crippen LogP contribution in [0.15, 0.2) is 0 Å². The van der Waals surface area contributed by atoms with Crippen molar-refractivity contribution in [2.45, 2.75) is 69.9 Å². The molecule has 1 N–H and O–H groups in total. The number of hydrogen-bond acceptors (Lipinski definition) is 4. The van der Waals surface area contributed by atoms with Crippen molar-refractivity contribution < 1.29 is 13.2 Å². The highest BCUT2D eigenvalue weighted by molar-refractivity contribution is 7.91. The molecule has 2 unspecified atom stereocenters. The first-order valence-corrected chi connectivity index (χ1v) is 11.1. The van der Waals surface area contributed by atoms with Crippen molar-refractivity contribution in [3.63, 3.8) is 0 Å². The summed E-state index contributed by atoms with van der Waals surface area (Å²) in [5.74, 6) is 0.505. The molecule has 1 amide bonds. The third-order valence-corrected chi connectivity index (χ3v) is 7.45. The molecule has 0 spiro atoms. The Kier molecular flexibility index (Phi) is 5.62. The van der Waals surface area contributed by atoms with Gasteiger partial charge in [-0.15, -0.1) is 0 Å². The van der Waals surface area contributed by atoms with Gasteiger partial charge in [0.05, 0.1) is 17.5 Å². The van der Waals surface area contributed by atoms with Crippen LogP contribution in [0.2, 0.25) is 0 Å². The molecule has 2 heterocycles. The summed E-state index contributed by atoms with van der Waals surface area (Å²) < 4.78 is 24.2. The molecule has 3 rings (SSSR count). The number of carbonyl (C=O) groups is 1. The lowest BCUT2D eigenvalue weighted by Crippen LogP contribution is -2.51. The lowest BCUT2D eigenvalue weighted by Gasteiger charge is -2.29. The minimum absolute atomic E-state index is 0.0139. The van der Waals surface area contributed by atoms with E-state index in [9.17, 15) is 13.2 Å². The van der Waals surface area contributed by atoms with Crippen LogP contribution >= 0.6 is 0 Å². The highest BCUT2D eigenvalue weighted by Crippen LogP contribution is 2.25. The van der Waals surface area contributed by atoms with Crippen LogP contribution in [0.25, 0.3) is 0 Å². The second kappa shape index (κ2) is 7.51. The summed E-state index contributed by atoms with van der Waals surface area (Å²) in [5.41, 5.74) is 0. The molecule has 3 aliphatic rings. The summed E-state index contributed by atoms with van der Waals surface area (Å²) in [6.45, 7) is 1.94. The van der Waals surface area contributed by atoms with E-state index >= 15 is 0 Å². The van der Waals surface area contributed by atoms with E-state index in [0.717, 1.165) is 51.6 Å². The Balaban J connectivity index is 1.62. The molecule has 2 saturated heterocycles. The van der Waals surface area contributed by atoms with E-state index in [2.05, 4.69) is 10.2 Å². The van der Waals surface area contributed by atoms with Crippen molar-refractivity contribution in [3.8, 4) is 0 Å². The minimum Gasteiger partial charge on any atom is -0.350 e. The fourth-order valence-corrected chi connectivity index (χ4v) is 6.37. The molecule has 3 fully saturated rings. The van der Waals surface area contributed by atoms with E-state index in [1.807, 2.05) is 0 Å². The maximum absolute atomic E-state index is 12.7. The fraction of sp³-hybridized carbons (Fsp3) is 0.941. The van der Waals surface area contributed by atoms with E-state index in [-0.39, 0.29) is 35.4 Å². The van der Waals surface area contributed by atoms with E-state index in [4.69, 9.17) is 0 Å². The number of nitrogens with one attached hydrogen (secondary N) is 1. The minimum atomic E-state index is -3.03. The zero-order valence-electron chi connectivity index (χ0n) is 14.0. The summed E-state index contributed by atoms with van der Waals surface area (Å²) in [4.78, 5) is 14.9. The Labute approximate surface area is 140 Å². The predicted molar refractivity (Wildman–Crippen MR) is 91.0 cm³/mol. The van der Waals surface area contributed by atoms with Gasteiger partial charge in [-0.05, 0) is 38.8 Å². The van der Waals surface area contributed by atoms with Gasteiger partial charge in [0.15, 0.2) is 9.84 Å². The van der Waals surface area contributed by atoms with Gasteiger partial charge in [-0.25, -0.2) is 8.42 Å². The van der Waals surface area contributed by atoms with E-state index in [1.54, 1.807) is 0 Å². The van der Waals surface area contributed by atoms with Gasteiger partial charge in [0.2, 0.25) is 5.91 Å². The molecule has 0 radical (unpaired) electrons. The summed E-state index contributed by atoms with van der Waals surface area (Å²) in [6, 6.07) is -0.226. The topological polar surface area (TPSA) is 66.5 Å². The lowest BCUT2D eigenvalue weighted by atomic mass is 9.90. The molecule has 0 aromatic heterocycles. The molecule has 1 saturated carbocycles. The standard InChI is InChI=1S/C17H30N2O3S/c20-17(14-8-4-2-1-3-5-9-14)18-15-12-23(21,22)13-16(15)19-10-6-7-11-19/h14-16H,1-13H2,(H,18,20). The number of sulfone groups is 1. The van der Waals surface area contributed by atoms with Gasteiger partial charge in [0, 0.05) is 12.0 Å². The first-order valence-electron chi connectivity index (χ1n) is 9.30. The van der Waals surface area contributed by atoms with Gasteiger partial charge >= 0.3 is 0 Å². The smallest absolute Gasteiger partial charge is 0.223 e. The molecule has 5 nitrogen and oxygen atoms in total. The maximum Gasteiger partial charge on any atom is 0.223 e. The molecule has 132 valence electrons. The van der Waals surface area contributed by atoms with Gasteiger partial charge in [-0.1, -0.05) is 32.1 Å². The van der Waals surface area contributed by atoms with Crippen molar-refractivity contribution in [3.05, 3.63) is 0 Å². The van der Waals surface area contributed by atoms with Gasteiger partial charge < -0.3 is 5.32 Å². The van der Waals surface area contributed by atoms with Crippen molar-refractivity contribution >= 4 is 15.7 Å². The van der Waals surface area contributed by atoms with Crippen LogP contribution in [0.3, 0.4) is 0 Å². The van der Waals surface area contributed by atoms with Crippen LogP contribution in [0.5, 0.6) is 0 Å². The molecule has 0 bridgehead atoms. The Hall–Kier alpha value is -0.620. The Morgan fingerprint density at radius 3 is 2.13 bits per heavy atom. The molecule has 0 aromatic carbocycles. The van der Waals surface area contributed by atoms with Crippen LogP contribution in [0, 0.1) is 5.92 Å². The van der Waals surface area contributed by atoms with Crippen molar-refractivity contribution in [2.75, 3.05) is 24.6 Å². The van der Waals surface area contributed by atoms with Crippen molar-refractivity contribution in [1.82, 2.24) is 10.2 Å². The first-order chi connectivity index (χ1) is 11.1. The Morgan fingerprint density at radius 1 is 0.870 bits per heavy atom. The average Bonchev–Trinajstić information content (AvgIpc) is 3.05. The number of hydrogen-bond donors (Lipinski definition) is 1. The van der Waals surface area contributed by atoms with Crippen molar-refractivity contribution in [1.29, 1.82) is 0 Å². The largest absolute Gasteiger partial charge is 0.350 e. The van der Waals surface area contributed by atoms with Crippen LogP contribution in [-0.4, -0.2) is 55.9 Å². The highest BCUT2D eigenvalue weighted by Gasteiger charge is 2.42. The molecule has 6 heteroatoms. The van der Waals surface area contributed by atoms with Crippen molar-refractivity contribution in [2.24, 2.45) is 5.92 Å². The van der Waals surface area contributed by atoms with Crippen LogP contribution < -0.4 is 5.32 Å². The van der Waals surface area contributed by atoms with Crippen LogP contribution in [-0.2, 0) is 14.6 Å². The normalized spacial score (nSPS) is 33.2.